The van der Waals surface area contributed by atoms with Crippen LogP contribution >= 0.6 is 0 Å². The first kappa shape index (κ1) is 22.0. The van der Waals surface area contributed by atoms with Gasteiger partial charge < -0.3 is 23.2 Å². The highest BCUT2D eigenvalue weighted by Crippen LogP contribution is 2.49. The van der Waals surface area contributed by atoms with Crippen LogP contribution in [0.2, 0.25) is 0 Å². The molecule has 0 spiro atoms. The first-order valence-electron chi connectivity index (χ1n) is 11.1. The zero-order valence-corrected chi connectivity index (χ0v) is 19.7. The van der Waals surface area contributed by atoms with E-state index in [-0.39, 0.29) is 16.7 Å². The number of allylic oxidation sites excluding steroid dienone is 2. The lowest BCUT2D eigenvalue weighted by molar-refractivity contribution is -0.118. The van der Waals surface area contributed by atoms with E-state index in [9.17, 15) is 4.79 Å². The van der Waals surface area contributed by atoms with Gasteiger partial charge in [0.05, 0.1) is 38.5 Å². The molecule has 0 saturated carbocycles. The fraction of sp³-hybridized carbons (Fsp3) is 0.346. The van der Waals surface area contributed by atoms with Crippen LogP contribution in [0.5, 0.6) is 17.4 Å². The molecule has 8 heteroatoms. The van der Waals surface area contributed by atoms with Gasteiger partial charge in [-0.2, -0.15) is 0 Å². The number of fused-ring (bicyclic) bond motifs is 1. The Morgan fingerprint density at radius 2 is 1.97 bits per heavy atom. The number of benzene rings is 1. The van der Waals surface area contributed by atoms with Gasteiger partial charge >= 0.3 is 0 Å². The number of hydrogen-bond donors (Lipinski definition) is 1. The molecule has 2 aliphatic rings. The minimum Gasteiger partial charge on any atom is -0.493 e. The predicted octanol–water partition coefficient (Wildman–Crippen LogP) is 4.19. The normalized spacial score (nSPS) is 18.7. The van der Waals surface area contributed by atoms with E-state index < -0.39 is 5.92 Å². The summed E-state index contributed by atoms with van der Waals surface area (Å²) < 4.78 is 24.3. The van der Waals surface area contributed by atoms with Gasteiger partial charge in [-0.3, -0.25) is 10.2 Å². The lowest BCUT2D eigenvalue weighted by Gasteiger charge is -2.38. The average Bonchev–Trinajstić information content (AvgIpc) is 3.31. The maximum absolute atomic E-state index is 13.5. The Balaban J connectivity index is 1.72. The van der Waals surface area contributed by atoms with Crippen molar-refractivity contribution in [3.63, 3.8) is 0 Å². The van der Waals surface area contributed by atoms with E-state index in [2.05, 4.69) is 18.8 Å². The van der Waals surface area contributed by atoms with Gasteiger partial charge in [-0.1, -0.05) is 19.9 Å². The van der Waals surface area contributed by atoms with Gasteiger partial charge in [0, 0.05) is 18.4 Å². The highest BCUT2D eigenvalue weighted by atomic mass is 16.5. The van der Waals surface area contributed by atoms with Crippen molar-refractivity contribution in [2.24, 2.45) is 5.41 Å². The summed E-state index contributed by atoms with van der Waals surface area (Å²) in [6.45, 7) is 4.47. The van der Waals surface area contributed by atoms with E-state index in [0.29, 0.717) is 59.4 Å². The number of carbonyl (C=O) groups excluding carboxylic acids is 1. The highest BCUT2D eigenvalue weighted by molar-refractivity contribution is 6.00. The maximum atomic E-state index is 13.5. The molecule has 1 aliphatic heterocycles. The number of nitrogens with one attached hydrogen (secondary N) is 1. The van der Waals surface area contributed by atoms with E-state index >= 15 is 0 Å². The zero-order valence-electron chi connectivity index (χ0n) is 19.7. The number of nitrogens with zero attached hydrogens (tertiary/aromatic N) is 2. The molecule has 5 rings (SSSR count). The van der Waals surface area contributed by atoms with Gasteiger partial charge in [-0.05, 0) is 35.2 Å². The Bertz CT molecular complexity index is 1350. The second kappa shape index (κ2) is 8.20. The molecule has 1 N–H and O–H groups in total. The van der Waals surface area contributed by atoms with Crippen molar-refractivity contribution in [2.45, 2.75) is 39.2 Å². The Morgan fingerprint density at radius 3 is 2.68 bits per heavy atom. The smallest absolute Gasteiger partial charge is 0.228 e. The molecular formula is C26H27N3O5. The largest absolute Gasteiger partial charge is 0.493 e. The number of hydrogen-bond acceptors (Lipinski definition) is 7. The van der Waals surface area contributed by atoms with E-state index in [1.165, 1.54) is 0 Å². The van der Waals surface area contributed by atoms with E-state index in [4.69, 9.17) is 24.0 Å². The minimum atomic E-state index is -0.508. The molecule has 2 aromatic heterocycles. The number of ether oxygens (including phenoxy) is 3. The van der Waals surface area contributed by atoms with Crippen LogP contribution in [0.15, 0.2) is 58.7 Å². The fourth-order valence-electron chi connectivity index (χ4n) is 4.85. The Kier molecular flexibility index (Phi) is 5.31. The van der Waals surface area contributed by atoms with Crippen LogP contribution in [0.3, 0.4) is 0 Å². The molecule has 1 atom stereocenters. The molecule has 3 heterocycles. The quantitative estimate of drug-likeness (QED) is 0.612. The van der Waals surface area contributed by atoms with Crippen molar-refractivity contribution in [1.29, 1.82) is 5.41 Å². The Labute approximate surface area is 197 Å². The predicted molar refractivity (Wildman–Crippen MR) is 123 cm³/mol. The molecule has 0 fully saturated rings. The van der Waals surface area contributed by atoms with E-state index in [1.54, 1.807) is 37.4 Å². The Morgan fingerprint density at radius 1 is 1.18 bits per heavy atom. The number of Topliss-reactive ketones (excluding diaryl/α,β-unsaturated/α-hetero) is 1. The summed E-state index contributed by atoms with van der Waals surface area (Å²) in [7, 11) is 3.16. The number of methoxy groups -OCH3 is 2. The van der Waals surface area contributed by atoms with Crippen LogP contribution in [-0.2, 0) is 11.3 Å². The molecule has 1 unspecified atom stereocenters. The molecule has 0 bridgehead atoms. The molecule has 1 aromatic carbocycles. The fourth-order valence-corrected chi connectivity index (χ4v) is 4.85. The van der Waals surface area contributed by atoms with Crippen LogP contribution < -0.4 is 19.7 Å². The molecule has 3 aromatic rings. The molecular weight excluding hydrogens is 434 g/mol. The van der Waals surface area contributed by atoms with Crippen molar-refractivity contribution in [3.8, 4) is 17.4 Å². The van der Waals surface area contributed by atoms with Crippen molar-refractivity contribution in [2.75, 3.05) is 14.2 Å². The van der Waals surface area contributed by atoms with Crippen LogP contribution in [0.1, 0.15) is 49.5 Å². The summed E-state index contributed by atoms with van der Waals surface area (Å²) in [6, 6.07) is 9.24. The zero-order chi connectivity index (χ0) is 24.0. The Hall–Kier alpha value is -3.81. The summed E-state index contributed by atoms with van der Waals surface area (Å²) in [6.07, 6.45) is 4.21. The second-order valence-corrected chi connectivity index (χ2v) is 9.45. The second-order valence-electron chi connectivity index (χ2n) is 9.45. The van der Waals surface area contributed by atoms with Crippen molar-refractivity contribution in [1.82, 2.24) is 9.55 Å². The number of ketones is 1. The molecule has 176 valence electrons. The standard InChI is InChI=1S/C26H27N3O5/c1-26(2)11-17(30)22-20(12-26)34-25-23(21(22)15-7-8-18(31-3)19(10-15)32-4)24(27)29(14-28-25)13-16-6-5-9-33-16/h5-10,14,21,27H,11-13H2,1-4H3. The summed E-state index contributed by atoms with van der Waals surface area (Å²) >= 11 is 0. The molecule has 8 nitrogen and oxygen atoms in total. The minimum absolute atomic E-state index is 0.0255. The van der Waals surface area contributed by atoms with Crippen LogP contribution in [0.25, 0.3) is 0 Å². The number of carbonyl (C=O) groups is 1. The van der Waals surface area contributed by atoms with E-state index in [1.807, 2.05) is 24.3 Å². The highest BCUT2D eigenvalue weighted by Gasteiger charge is 2.43. The van der Waals surface area contributed by atoms with Crippen molar-refractivity contribution < 1.29 is 23.4 Å². The van der Waals surface area contributed by atoms with E-state index in [0.717, 1.165) is 5.56 Å². The molecule has 0 amide bonds. The van der Waals surface area contributed by atoms with Crippen LogP contribution in [0, 0.1) is 10.8 Å². The molecule has 1 aliphatic carbocycles. The van der Waals surface area contributed by atoms with Gasteiger partial charge in [-0.25, -0.2) is 4.98 Å². The van der Waals surface area contributed by atoms with Crippen molar-refractivity contribution >= 4 is 5.78 Å². The number of rotatable bonds is 5. The molecule has 0 saturated heterocycles. The van der Waals surface area contributed by atoms with Gasteiger partial charge in [0.25, 0.3) is 0 Å². The SMILES string of the molecule is COc1ccc(C2C3=C(CC(C)(C)CC3=O)Oc3ncn(Cc4ccco4)c(=N)c32)cc1OC. The van der Waals surface area contributed by atoms with Gasteiger partial charge in [-0.15, -0.1) is 0 Å². The van der Waals surface area contributed by atoms with Crippen molar-refractivity contribution in [3.05, 3.63) is 76.6 Å². The monoisotopic (exact) mass is 461 g/mol. The summed E-state index contributed by atoms with van der Waals surface area (Å²) in [4.78, 5) is 18.0. The molecule has 34 heavy (non-hydrogen) atoms. The number of furan rings is 1. The lowest BCUT2D eigenvalue weighted by atomic mass is 9.70. The van der Waals surface area contributed by atoms with Crippen LogP contribution in [0.4, 0.5) is 0 Å². The topological polar surface area (TPSA) is 99.6 Å². The summed E-state index contributed by atoms with van der Waals surface area (Å²) in [5.41, 5.74) is 1.95. The third-order valence-electron chi connectivity index (χ3n) is 6.41. The first-order chi connectivity index (χ1) is 16.3. The summed E-state index contributed by atoms with van der Waals surface area (Å²) in [5.74, 6) is 2.35. The third kappa shape index (κ3) is 3.69. The molecule has 0 radical (unpaired) electrons. The first-order valence-corrected chi connectivity index (χ1v) is 11.1. The lowest BCUT2D eigenvalue weighted by Crippen LogP contribution is -2.37. The van der Waals surface area contributed by atoms with Gasteiger partial charge in [0.15, 0.2) is 17.3 Å². The van der Waals surface area contributed by atoms with Crippen LogP contribution in [-0.4, -0.2) is 29.6 Å². The number of aromatic nitrogens is 2. The van der Waals surface area contributed by atoms with Gasteiger partial charge in [0.2, 0.25) is 5.88 Å². The third-order valence-corrected chi connectivity index (χ3v) is 6.41. The van der Waals surface area contributed by atoms with Gasteiger partial charge in [0.1, 0.15) is 23.3 Å². The summed E-state index contributed by atoms with van der Waals surface area (Å²) in [5, 5.41) is 9.05. The average molecular weight is 462 g/mol. The maximum Gasteiger partial charge on any atom is 0.228 e.